The fraction of sp³-hybridized carbons (Fsp3) is 0.235. The summed E-state index contributed by atoms with van der Waals surface area (Å²) in [6, 6.07) is 18.8. The van der Waals surface area contributed by atoms with Crippen molar-refractivity contribution in [1.29, 1.82) is 0 Å². The topological polar surface area (TPSA) is 188 Å². The third-order valence-electron chi connectivity index (χ3n) is 7.87. The van der Waals surface area contributed by atoms with Crippen LogP contribution >= 0.6 is 12.2 Å². The second-order valence-corrected chi connectivity index (χ2v) is 11.3. The van der Waals surface area contributed by atoms with Crippen molar-refractivity contribution in [3.63, 3.8) is 0 Å². The monoisotopic (exact) mass is 701 g/mol. The molecule has 3 N–H and O–H groups in total. The van der Waals surface area contributed by atoms with Gasteiger partial charge < -0.3 is 43.9 Å². The van der Waals surface area contributed by atoms with E-state index in [0.717, 1.165) is 0 Å². The lowest BCUT2D eigenvalue weighted by Crippen LogP contribution is -2.41. The first kappa shape index (κ1) is 33.9. The third kappa shape index (κ3) is 7.06. The van der Waals surface area contributed by atoms with E-state index in [2.05, 4.69) is 15.0 Å². The molecular formula is C34H31N5O10S. The minimum atomic E-state index is -1.31. The number of nitrogens with zero attached hydrogens (tertiary/aromatic N) is 3. The first-order chi connectivity index (χ1) is 24.2. The molecule has 6 rings (SSSR count). The standard InChI is InChI=1S/C34H31N5O10S/c1-43-21-10-4-18(5-11-21)31(40)46-16-24-26(48-32(41)19-6-12-22(44-2)13-7-19)27(49-33(42)20-8-14-23(45-3)15-9-20)30(47-24)39-17-36-25-28(39)37-34(35)38-29(25)50/h4-15,17,24,26-27,30H,16H2,1-3H3,(H3,35,37,38,50)/t24-,26+,27+,30-/m1/s1. The summed E-state index contributed by atoms with van der Waals surface area (Å²) in [5.74, 6) is -0.589. The van der Waals surface area contributed by atoms with Crippen LogP contribution in [0.25, 0.3) is 11.2 Å². The van der Waals surface area contributed by atoms with Crippen LogP contribution in [0.5, 0.6) is 17.2 Å². The summed E-state index contributed by atoms with van der Waals surface area (Å²) >= 11 is 5.35. The Labute approximate surface area is 289 Å². The number of benzene rings is 3. The number of aromatic amines is 1. The molecule has 0 radical (unpaired) electrons. The molecule has 5 aromatic rings. The first-order valence-electron chi connectivity index (χ1n) is 15.1. The summed E-state index contributed by atoms with van der Waals surface area (Å²) in [7, 11) is 4.51. The van der Waals surface area contributed by atoms with Crippen LogP contribution in [0.1, 0.15) is 37.3 Å². The smallest absolute Gasteiger partial charge is 0.338 e. The lowest BCUT2D eigenvalue weighted by atomic mass is 10.1. The number of ether oxygens (including phenoxy) is 7. The molecule has 1 aliphatic rings. The number of imidazole rings is 1. The molecule has 4 atom stereocenters. The Hall–Kier alpha value is -6.00. The number of H-pyrrole nitrogens is 1. The van der Waals surface area contributed by atoms with Gasteiger partial charge >= 0.3 is 17.9 Å². The van der Waals surface area contributed by atoms with E-state index in [4.69, 9.17) is 51.1 Å². The van der Waals surface area contributed by atoms with Crippen LogP contribution in [0.4, 0.5) is 5.95 Å². The van der Waals surface area contributed by atoms with Gasteiger partial charge in [-0.15, -0.1) is 0 Å². The number of fused-ring (bicyclic) bond motifs is 1. The summed E-state index contributed by atoms with van der Waals surface area (Å²) in [5.41, 5.74) is 7.17. The van der Waals surface area contributed by atoms with Crippen molar-refractivity contribution in [2.75, 3.05) is 33.7 Å². The van der Waals surface area contributed by atoms with Crippen LogP contribution in [0.2, 0.25) is 0 Å². The Balaban J connectivity index is 1.37. The van der Waals surface area contributed by atoms with Gasteiger partial charge in [-0.25, -0.2) is 24.4 Å². The average molecular weight is 702 g/mol. The number of aromatic nitrogens is 4. The molecule has 258 valence electrons. The van der Waals surface area contributed by atoms with E-state index < -0.39 is 49.1 Å². The molecule has 16 heteroatoms. The average Bonchev–Trinajstić information content (AvgIpc) is 3.71. The lowest BCUT2D eigenvalue weighted by molar-refractivity contribution is -0.0606. The van der Waals surface area contributed by atoms with Gasteiger partial charge in [-0.3, -0.25) is 4.57 Å². The van der Waals surface area contributed by atoms with E-state index in [1.807, 2.05) is 0 Å². The van der Waals surface area contributed by atoms with Gasteiger partial charge in [0.2, 0.25) is 0 Å². The Kier molecular flexibility index (Phi) is 9.92. The maximum atomic E-state index is 13.6. The summed E-state index contributed by atoms with van der Waals surface area (Å²) in [6.07, 6.45) is -3.55. The molecule has 50 heavy (non-hydrogen) atoms. The largest absolute Gasteiger partial charge is 0.497 e. The molecule has 0 unspecified atom stereocenters. The molecule has 0 spiro atoms. The second kappa shape index (κ2) is 14.6. The lowest BCUT2D eigenvalue weighted by Gasteiger charge is -2.25. The Morgan fingerprint density at radius 3 is 1.76 bits per heavy atom. The van der Waals surface area contributed by atoms with Crippen LogP contribution in [-0.4, -0.2) is 83.7 Å². The van der Waals surface area contributed by atoms with Crippen molar-refractivity contribution in [3.05, 3.63) is 100 Å². The first-order valence-corrected chi connectivity index (χ1v) is 15.5. The zero-order valence-electron chi connectivity index (χ0n) is 26.9. The zero-order valence-corrected chi connectivity index (χ0v) is 27.7. The van der Waals surface area contributed by atoms with Crippen LogP contribution in [-0.2, 0) is 18.9 Å². The van der Waals surface area contributed by atoms with E-state index in [-0.39, 0.29) is 27.3 Å². The highest BCUT2D eigenvalue weighted by Gasteiger charge is 2.52. The third-order valence-corrected chi connectivity index (χ3v) is 8.15. The van der Waals surface area contributed by atoms with Crippen LogP contribution in [0.15, 0.2) is 79.1 Å². The number of nitrogens with one attached hydrogen (secondary N) is 1. The molecule has 1 aliphatic heterocycles. The molecule has 0 amide bonds. The predicted octanol–water partition coefficient (Wildman–Crippen LogP) is 4.30. The van der Waals surface area contributed by atoms with Crippen LogP contribution < -0.4 is 19.9 Å². The van der Waals surface area contributed by atoms with Crippen molar-refractivity contribution >= 4 is 47.2 Å². The molecule has 3 aromatic carbocycles. The number of methoxy groups -OCH3 is 3. The second-order valence-electron chi connectivity index (χ2n) is 10.9. The van der Waals surface area contributed by atoms with Crippen LogP contribution in [0.3, 0.4) is 0 Å². The van der Waals surface area contributed by atoms with Crippen molar-refractivity contribution < 1.29 is 47.5 Å². The fourth-order valence-electron chi connectivity index (χ4n) is 5.29. The van der Waals surface area contributed by atoms with Crippen molar-refractivity contribution in [2.24, 2.45) is 0 Å². The van der Waals surface area contributed by atoms with Gasteiger partial charge in [-0.2, -0.15) is 0 Å². The van der Waals surface area contributed by atoms with Gasteiger partial charge in [0.25, 0.3) is 0 Å². The molecule has 3 heterocycles. The molecule has 0 saturated carbocycles. The minimum absolute atomic E-state index is 0.00137. The summed E-state index contributed by atoms with van der Waals surface area (Å²) in [6.45, 7) is -0.398. The highest BCUT2D eigenvalue weighted by Crippen LogP contribution is 2.37. The molecular weight excluding hydrogens is 670 g/mol. The highest BCUT2D eigenvalue weighted by atomic mass is 32.1. The van der Waals surface area contributed by atoms with E-state index >= 15 is 0 Å². The predicted molar refractivity (Wildman–Crippen MR) is 179 cm³/mol. The Morgan fingerprint density at radius 2 is 1.26 bits per heavy atom. The number of hydrogen-bond donors (Lipinski definition) is 2. The summed E-state index contributed by atoms with van der Waals surface area (Å²) in [5, 5.41) is 0. The van der Waals surface area contributed by atoms with Crippen molar-refractivity contribution in [2.45, 2.75) is 24.5 Å². The van der Waals surface area contributed by atoms with E-state index in [9.17, 15) is 14.4 Å². The molecule has 2 aromatic heterocycles. The fourth-order valence-corrected chi connectivity index (χ4v) is 5.53. The van der Waals surface area contributed by atoms with Crippen molar-refractivity contribution in [3.8, 4) is 17.2 Å². The van der Waals surface area contributed by atoms with Gasteiger partial charge in [-0.1, -0.05) is 12.2 Å². The minimum Gasteiger partial charge on any atom is -0.497 e. The van der Waals surface area contributed by atoms with Crippen LogP contribution in [0, 0.1) is 4.64 Å². The van der Waals surface area contributed by atoms with E-state index in [1.165, 1.54) is 56.5 Å². The number of carbonyl (C=O) groups is 3. The molecule has 0 aliphatic carbocycles. The van der Waals surface area contributed by atoms with Gasteiger partial charge in [0.15, 0.2) is 29.0 Å². The maximum absolute atomic E-state index is 13.6. The molecule has 1 saturated heterocycles. The Morgan fingerprint density at radius 1 is 0.780 bits per heavy atom. The van der Waals surface area contributed by atoms with Gasteiger partial charge in [-0.05, 0) is 72.8 Å². The molecule has 0 bridgehead atoms. The number of nitrogen functional groups attached to an aromatic ring is 1. The number of esters is 3. The quantitative estimate of drug-likeness (QED) is 0.113. The number of nitrogens with two attached hydrogens (primary N) is 1. The number of anilines is 1. The SMILES string of the molecule is COc1ccc(C(=O)OC[C@H]2O[C@@H](n3cnc4c(=S)nc(N)[nH]c43)[C@@H](OC(=O)c3ccc(OC)cc3)[C@H]2OC(=O)c2ccc(OC)cc2)cc1. The Bertz CT molecular complexity index is 2070. The van der Waals surface area contributed by atoms with Gasteiger partial charge in [0.05, 0.1) is 44.3 Å². The van der Waals surface area contributed by atoms with E-state index in [1.54, 1.807) is 48.5 Å². The molecule has 1 fully saturated rings. The normalized spacial score (nSPS) is 18.3. The van der Waals surface area contributed by atoms with Gasteiger partial charge in [0, 0.05) is 0 Å². The zero-order chi connectivity index (χ0) is 35.4. The molecule has 15 nitrogen and oxygen atoms in total. The van der Waals surface area contributed by atoms with Gasteiger partial charge in [0.1, 0.15) is 41.1 Å². The number of carbonyl (C=O) groups excluding carboxylic acids is 3. The number of hydrogen-bond acceptors (Lipinski definition) is 14. The van der Waals surface area contributed by atoms with Crippen molar-refractivity contribution in [1.82, 2.24) is 19.5 Å². The van der Waals surface area contributed by atoms with E-state index in [0.29, 0.717) is 28.4 Å². The summed E-state index contributed by atoms with van der Waals surface area (Å²) in [4.78, 5) is 51.6. The highest BCUT2D eigenvalue weighted by molar-refractivity contribution is 7.71. The maximum Gasteiger partial charge on any atom is 0.338 e. The number of rotatable bonds is 11. The summed E-state index contributed by atoms with van der Waals surface area (Å²) < 4.78 is 41.3.